The van der Waals surface area contributed by atoms with Gasteiger partial charge in [0.2, 0.25) is 0 Å². The van der Waals surface area contributed by atoms with Crippen molar-refractivity contribution in [2.24, 2.45) is 5.92 Å². The van der Waals surface area contributed by atoms with E-state index in [4.69, 9.17) is 4.74 Å². The summed E-state index contributed by atoms with van der Waals surface area (Å²) >= 11 is 0. The minimum atomic E-state index is -4.48. The van der Waals surface area contributed by atoms with Crippen molar-refractivity contribution in [1.29, 1.82) is 0 Å². The summed E-state index contributed by atoms with van der Waals surface area (Å²) < 4.78 is 47.9. The average molecular weight is 267 g/mol. The van der Waals surface area contributed by atoms with Gasteiger partial charge in [-0.25, -0.2) is 0 Å². The van der Waals surface area contributed by atoms with Gasteiger partial charge in [-0.15, -0.1) is 0 Å². The number of nitrogens with zero attached hydrogens (tertiary/aromatic N) is 1. The highest BCUT2D eigenvalue weighted by Gasteiger charge is 2.52. The van der Waals surface area contributed by atoms with Crippen LogP contribution in [0.2, 0.25) is 0 Å². The number of ether oxygens (including phenoxy) is 2. The molecular weight excluding hydrogens is 251 g/mol. The molecule has 0 aromatic rings. The van der Waals surface area contributed by atoms with Crippen LogP contribution in [-0.4, -0.2) is 56.0 Å². The molecule has 4 nitrogen and oxygen atoms in total. The SMILES string of the molecule is CN1CCOC[C@@H]1C(=O)O[C@H](C1CC1)C(F)(F)F. The van der Waals surface area contributed by atoms with E-state index in [1.54, 1.807) is 11.9 Å². The maximum Gasteiger partial charge on any atom is 0.425 e. The highest BCUT2D eigenvalue weighted by atomic mass is 19.4. The molecule has 104 valence electrons. The second kappa shape index (κ2) is 5.05. The summed E-state index contributed by atoms with van der Waals surface area (Å²) in [5, 5.41) is 0. The number of hydrogen-bond donors (Lipinski definition) is 0. The van der Waals surface area contributed by atoms with E-state index in [0.29, 0.717) is 26.0 Å². The van der Waals surface area contributed by atoms with Gasteiger partial charge in [-0.05, 0) is 19.9 Å². The van der Waals surface area contributed by atoms with Crippen LogP contribution in [-0.2, 0) is 14.3 Å². The maximum atomic E-state index is 12.7. The van der Waals surface area contributed by atoms with Crippen molar-refractivity contribution in [2.45, 2.75) is 31.2 Å². The highest BCUT2D eigenvalue weighted by molar-refractivity contribution is 5.76. The number of hydrogen-bond acceptors (Lipinski definition) is 4. The molecule has 0 amide bonds. The Morgan fingerprint density at radius 2 is 2.11 bits per heavy atom. The molecule has 0 radical (unpaired) electrons. The first kappa shape index (κ1) is 13.6. The molecule has 0 aromatic heterocycles. The fraction of sp³-hybridized carbons (Fsp3) is 0.909. The Balaban J connectivity index is 1.96. The van der Waals surface area contributed by atoms with Gasteiger partial charge in [0, 0.05) is 12.5 Å². The Kier molecular flexibility index (Phi) is 3.82. The van der Waals surface area contributed by atoms with E-state index in [9.17, 15) is 18.0 Å². The minimum Gasteiger partial charge on any atom is -0.451 e. The van der Waals surface area contributed by atoms with Gasteiger partial charge in [0.25, 0.3) is 0 Å². The molecule has 0 unspecified atom stereocenters. The lowest BCUT2D eigenvalue weighted by atomic mass is 10.2. The van der Waals surface area contributed by atoms with E-state index in [1.165, 1.54) is 0 Å². The number of halogens is 3. The van der Waals surface area contributed by atoms with Crippen molar-refractivity contribution < 1.29 is 27.4 Å². The lowest BCUT2D eigenvalue weighted by molar-refractivity contribution is -0.230. The van der Waals surface area contributed by atoms with E-state index >= 15 is 0 Å². The molecule has 0 bridgehead atoms. The summed E-state index contributed by atoms with van der Waals surface area (Å²) in [6.07, 6.45) is -5.51. The topological polar surface area (TPSA) is 38.8 Å². The molecule has 1 saturated heterocycles. The summed E-state index contributed by atoms with van der Waals surface area (Å²) in [7, 11) is 1.67. The number of morpholine rings is 1. The normalized spacial score (nSPS) is 27.9. The summed E-state index contributed by atoms with van der Waals surface area (Å²) in [6, 6.07) is -0.734. The third kappa shape index (κ3) is 3.14. The van der Waals surface area contributed by atoms with Crippen molar-refractivity contribution in [1.82, 2.24) is 4.90 Å². The average Bonchev–Trinajstić information content (AvgIpc) is 3.08. The molecule has 1 aliphatic heterocycles. The first-order chi connectivity index (χ1) is 8.39. The van der Waals surface area contributed by atoms with Crippen LogP contribution in [0.25, 0.3) is 0 Å². The molecule has 2 rings (SSSR count). The standard InChI is InChI=1S/C11H16F3NO3/c1-15-4-5-17-6-8(15)10(16)18-9(7-2-3-7)11(12,13)14/h7-9H,2-6H2,1H3/t8-,9-/m1/s1. The van der Waals surface area contributed by atoms with E-state index in [2.05, 4.69) is 4.74 Å². The van der Waals surface area contributed by atoms with Crippen molar-refractivity contribution >= 4 is 5.97 Å². The molecule has 7 heteroatoms. The first-order valence-corrected chi connectivity index (χ1v) is 5.95. The molecule has 2 fully saturated rings. The number of esters is 1. The highest BCUT2D eigenvalue weighted by Crippen LogP contribution is 2.42. The van der Waals surface area contributed by atoms with Crippen LogP contribution in [0.15, 0.2) is 0 Å². The Hall–Kier alpha value is -0.820. The van der Waals surface area contributed by atoms with Gasteiger partial charge in [0.05, 0.1) is 13.2 Å². The number of carbonyl (C=O) groups is 1. The lowest BCUT2D eigenvalue weighted by Crippen LogP contribution is -2.50. The zero-order valence-electron chi connectivity index (χ0n) is 10.1. The third-order valence-electron chi connectivity index (χ3n) is 3.28. The summed E-state index contributed by atoms with van der Waals surface area (Å²) in [4.78, 5) is 13.4. The fourth-order valence-electron chi connectivity index (χ4n) is 1.97. The van der Waals surface area contributed by atoms with Crippen LogP contribution in [0.5, 0.6) is 0 Å². The fourth-order valence-corrected chi connectivity index (χ4v) is 1.97. The molecule has 2 atom stereocenters. The number of likely N-dealkylation sites (N-methyl/N-ethyl adjacent to an activating group) is 1. The number of rotatable bonds is 3. The number of alkyl halides is 3. The van der Waals surface area contributed by atoms with Gasteiger partial charge in [0.15, 0.2) is 6.10 Å². The van der Waals surface area contributed by atoms with Crippen molar-refractivity contribution in [3.05, 3.63) is 0 Å². The Bertz CT molecular complexity index is 317. The van der Waals surface area contributed by atoms with Gasteiger partial charge in [0.1, 0.15) is 6.04 Å². The smallest absolute Gasteiger partial charge is 0.425 e. The van der Waals surface area contributed by atoms with Gasteiger partial charge in [-0.2, -0.15) is 13.2 Å². The minimum absolute atomic E-state index is 0.0879. The van der Waals surface area contributed by atoms with Crippen LogP contribution in [0.3, 0.4) is 0 Å². The zero-order chi connectivity index (χ0) is 13.3. The Labute approximate surface area is 103 Å². The van der Waals surface area contributed by atoms with Crippen LogP contribution in [0.1, 0.15) is 12.8 Å². The molecule has 18 heavy (non-hydrogen) atoms. The second-order valence-electron chi connectivity index (χ2n) is 4.81. The molecular formula is C11H16F3NO3. The quantitative estimate of drug-likeness (QED) is 0.720. The van der Waals surface area contributed by atoms with Crippen LogP contribution < -0.4 is 0 Å². The van der Waals surface area contributed by atoms with E-state index in [1.807, 2.05) is 0 Å². The largest absolute Gasteiger partial charge is 0.451 e. The van der Waals surface area contributed by atoms with Crippen LogP contribution >= 0.6 is 0 Å². The van der Waals surface area contributed by atoms with Crippen LogP contribution in [0.4, 0.5) is 13.2 Å². The van der Waals surface area contributed by atoms with E-state index in [-0.39, 0.29) is 6.61 Å². The molecule has 2 aliphatic rings. The van der Waals surface area contributed by atoms with Crippen molar-refractivity contribution in [2.75, 3.05) is 26.8 Å². The van der Waals surface area contributed by atoms with Crippen molar-refractivity contribution in [3.8, 4) is 0 Å². The summed E-state index contributed by atoms with van der Waals surface area (Å²) in [5.74, 6) is -1.41. The molecule has 0 N–H and O–H groups in total. The van der Waals surface area contributed by atoms with Crippen molar-refractivity contribution in [3.63, 3.8) is 0 Å². The summed E-state index contributed by atoms with van der Waals surface area (Å²) in [5.41, 5.74) is 0. The predicted molar refractivity (Wildman–Crippen MR) is 55.9 cm³/mol. The van der Waals surface area contributed by atoms with E-state index in [0.717, 1.165) is 0 Å². The predicted octanol–water partition coefficient (Wildman–Crippen LogP) is 1.20. The second-order valence-corrected chi connectivity index (χ2v) is 4.81. The Morgan fingerprint density at radius 1 is 1.44 bits per heavy atom. The van der Waals surface area contributed by atoms with Gasteiger partial charge in [-0.1, -0.05) is 0 Å². The monoisotopic (exact) mass is 267 g/mol. The molecule has 1 saturated carbocycles. The van der Waals surface area contributed by atoms with Gasteiger partial charge >= 0.3 is 12.1 Å². The lowest BCUT2D eigenvalue weighted by Gasteiger charge is -2.32. The third-order valence-corrected chi connectivity index (χ3v) is 3.28. The van der Waals surface area contributed by atoms with E-state index < -0.39 is 30.2 Å². The maximum absolute atomic E-state index is 12.7. The summed E-state index contributed by atoms with van der Waals surface area (Å²) in [6.45, 7) is 1.08. The van der Waals surface area contributed by atoms with Gasteiger partial charge in [-0.3, -0.25) is 9.69 Å². The Morgan fingerprint density at radius 3 is 2.61 bits per heavy atom. The van der Waals surface area contributed by atoms with Gasteiger partial charge < -0.3 is 9.47 Å². The molecule has 1 aliphatic carbocycles. The first-order valence-electron chi connectivity index (χ1n) is 5.95. The van der Waals surface area contributed by atoms with Crippen LogP contribution in [0, 0.1) is 5.92 Å². The zero-order valence-corrected chi connectivity index (χ0v) is 10.1. The molecule has 0 spiro atoms. The molecule has 0 aromatic carbocycles. The number of carbonyl (C=O) groups excluding carboxylic acids is 1. The molecule has 1 heterocycles.